The maximum atomic E-state index is 8.79. The van der Waals surface area contributed by atoms with Crippen LogP contribution in [0.15, 0.2) is 0 Å². The van der Waals surface area contributed by atoms with Crippen LogP contribution in [0.4, 0.5) is 0 Å². The molecule has 0 spiro atoms. The average Bonchev–Trinajstić information content (AvgIpc) is 1.86. The quantitative estimate of drug-likeness (QED) is 0.575. The normalized spacial score (nSPS) is 25.5. The number of aliphatic hydroxyl groups is 1. The fraction of sp³-hybridized carbons (Fsp3) is 1.00. The highest BCUT2D eigenvalue weighted by atomic mass is 16.5. The summed E-state index contributed by atoms with van der Waals surface area (Å²) in [5, 5.41) is 8.79. The van der Waals surface area contributed by atoms with Crippen LogP contribution in [0.2, 0.25) is 0 Å². The summed E-state index contributed by atoms with van der Waals surface area (Å²) < 4.78 is 5.06. The molecule has 0 unspecified atom stereocenters. The van der Waals surface area contributed by atoms with E-state index in [9.17, 15) is 0 Å². The Morgan fingerprint density at radius 2 is 2.30 bits per heavy atom. The molecule has 3 nitrogen and oxygen atoms in total. The van der Waals surface area contributed by atoms with Gasteiger partial charge < -0.3 is 15.6 Å². The van der Waals surface area contributed by atoms with Crippen molar-refractivity contribution >= 4 is 0 Å². The molecule has 0 aromatic carbocycles. The van der Waals surface area contributed by atoms with Crippen molar-refractivity contribution in [2.75, 3.05) is 19.8 Å². The smallest absolute Gasteiger partial charge is 0.0589 e. The molecule has 10 heavy (non-hydrogen) atoms. The molecule has 0 saturated carbocycles. The highest BCUT2D eigenvalue weighted by Crippen LogP contribution is 2.33. The number of hydrogen-bond donors (Lipinski definition) is 2. The third-order valence-electron chi connectivity index (χ3n) is 2.47. The number of aliphatic hydroxyl groups excluding tert-OH is 1. The van der Waals surface area contributed by atoms with Crippen LogP contribution in [-0.4, -0.2) is 31.0 Å². The van der Waals surface area contributed by atoms with E-state index in [2.05, 4.69) is 6.92 Å². The Balaban J connectivity index is 2.46. The molecule has 0 aromatic heterocycles. The molecule has 3 heteroatoms. The molecule has 60 valence electrons. The molecular formula is C7H15NO2. The molecule has 1 rings (SSSR count). The van der Waals surface area contributed by atoms with Crippen LogP contribution < -0.4 is 5.73 Å². The largest absolute Gasteiger partial charge is 0.395 e. The number of ether oxygens (including phenoxy) is 1. The topological polar surface area (TPSA) is 55.5 Å². The van der Waals surface area contributed by atoms with Crippen LogP contribution in [0.5, 0.6) is 0 Å². The van der Waals surface area contributed by atoms with Crippen molar-refractivity contribution < 1.29 is 9.84 Å². The van der Waals surface area contributed by atoms with Gasteiger partial charge in [-0.05, 0) is 6.42 Å². The lowest BCUT2D eigenvalue weighted by molar-refractivity contribution is -0.134. The lowest BCUT2D eigenvalue weighted by Crippen LogP contribution is -2.56. The lowest BCUT2D eigenvalue weighted by atomic mass is 9.77. The molecule has 1 atom stereocenters. The van der Waals surface area contributed by atoms with Crippen molar-refractivity contribution in [3.05, 3.63) is 0 Å². The molecule has 0 bridgehead atoms. The van der Waals surface area contributed by atoms with Gasteiger partial charge in [0.15, 0.2) is 0 Å². The van der Waals surface area contributed by atoms with Gasteiger partial charge >= 0.3 is 0 Å². The molecule has 0 amide bonds. The Morgan fingerprint density at radius 1 is 1.70 bits per heavy atom. The van der Waals surface area contributed by atoms with E-state index < -0.39 is 0 Å². The van der Waals surface area contributed by atoms with Gasteiger partial charge in [-0.15, -0.1) is 0 Å². The van der Waals surface area contributed by atoms with E-state index >= 15 is 0 Å². The molecule has 1 saturated heterocycles. The fourth-order valence-electron chi connectivity index (χ4n) is 1.24. The van der Waals surface area contributed by atoms with E-state index in [4.69, 9.17) is 15.6 Å². The van der Waals surface area contributed by atoms with Gasteiger partial charge in [-0.3, -0.25) is 0 Å². The number of nitrogens with two attached hydrogens (primary N) is 1. The second-order valence-corrected chi connectivity index (χ2v) is 3.00. The molecule has 1 aliphatic rings. The van der Waals surface area contributed by atoms with Crippen LogP contribution in [-0.2, 0) is 4.74 Å². The molecule has 0 aromatic rings. The lowest BCUT2D eigenvalue weighted by Gasteiger charge is -2.44. The van der Waals surface area contributed by atoms with Crippen LogP contribution in [0.3, 0.4) is 0 Å². The van der Waals surface area contributed by atoms with Crippen molar-refractivity contribution in [3.63, 3.8) is 0 Å². The second-order valence-electron chi connectivity index (χ2n) is 3.00. The van der Waals surface area contributed by atoms with E-state index in [-0.39, 0.29) is 18.1 Å². The fourth-order valence-corrected chi connectivity index (χ4v) is 1.24. The first-order valence-corrected chi connectivity index (χ1v) is 3.69. The van der Waals surface area contributed by atoms with Crippen LogP contribution in [0, 0.1) is 5.41 Å². The van der Waals surface area contributed by atoms with Crippen molar-refractivity contribution in [2.45, 2.75) is 19.4 Å². The maximum absolute atomic E-state index is 8.79. The predicted molar refractivity (Wildman–Crippen MR) is 38.6 cm³/mol. The third kappa shape index (κ3) is 1.05. The minimum Gasteiger partial charge on any atom is -0.395 e. The number of rotatable bonds is 3. The van der Waals surface area contributed by atoms with Gasteiger partial charge in [0.2, 0.25) is 0 Å². The highest BCUT2D eigenvalue weighted by molar-refractivity contribution is 4.92. The molecular weight excluding hydrogens is 130 g/mol. The van der Waals surface area contributed by atoms with E-state index in [1.54, 1.807) is 0 Å². The van der Waals surface area contributed by atoms with E-state index in [0.29, 0.717) is 13.2 Å². The van der Waals surface area contributed by atoms with Crippen LogP contribution in [0.25, 0.3) is 0 Å². The SMILES string of the molecule is CCC1([C@@H](N)CO)COC1. The zero-order chi connectivity index (χ0) is 7.61. The molecule has 0 aliphatic carbocycles. The average molecular weight is 145 g/mol. The molecule has 1 fully saturated rings. The van der Waals surface area contributed by atoms with Gasteiger partial charge in [0.25, 0.3) is 0 Å². The number of hydrogen-bond acceptors (Lipinski definition) is 3. The summed E-state index contributed by atoms with van der Waals surface area (Å²) in [4.78, 5) is 0. The summed E-state index contributed by atoms with van der Waals surface area (Å²) in [5.74, 6) is 0. The molecule has 1 heterocycles. The summed E-state index contributed by atoms with van der Waals surface area (Å²) in [6.45, 7) is 3.58. The highest BCUT2D eigenvalue weighted by Gasteiger charge is 2.41. The Bertz CT molecular complexity index is 107. The van der Waals surface area contributed by atoms with Crippen molar-refractivity contribution in [1.82, 2.24) is 0 Å². The van der Waals surface area contributed by atoms with Gasteiger partial charge in [-0.2, -0.15) is 0 Å². The molecule has 0 radical (unpaired) electrons. The Morgan fingerprint density at radius 3 is 2.40 bits per heavy atom. The van der Waals surface area contributed by atoms with Gasteiger partial charge in [0.1, 0.15) is 0 Å². The first-order valence-electron chi connectivity index (χ1n) is 3.69. The minimum atomic E-state index is -0.105. The first-order chi connectivity index (χ1) is 4.75. The van der Waals surface area contributed by atoms with E-state index in [1.165, 1.54) is 0 Å². The third-order valence-corrected chi connectivity index (χ3v) is 2.47. The summed E-state index contributed by atoms with van der Waals surface area (Å²) >= 11 is 0. The van der Waals surface area contributed by atoms with Crippen LogP contribution >= 0.6 is 0 Å². The standard InChI is InChI=1S/C7H15NO2/c1-2-7(4-10-5-7)6(8)3-9/h6,9H,2-5,8H2,1H3/t6-/m0/s1. The summed E-state index contributed by atoms with van der Waals surface area (Å²) in [6, 6.07) is -0.105. The Labute approximate surface area is 61.2 Å². The zero-order valence-electron chi connectivity index (χ0n) is 6.34. The van der Waals surface area contributed by atoms with Gasteiger partial charge in [-0.1, -0.05) is 6.92 Å². The predicted octanol–water partition coefficient (Wildman–Crippen LogP) is -0.267. The van der Waals surface area contributed by atoms with Crippen LogP contribution in [0.1, 0.15) is 13.3 Å². The monoisotopic (exact) mass is 145 g/mol. The van der Waals surface area contributed by atoms with Gasteiger partial charge in [0.05, 0.1) is 19.8 Å². The summed E-state index contributed by atoms with van der Waals surface area (Å²) in [6.07, 6.45) is 0.995. The van der Waals surface area contributed by atoms with Crippen molar-refractivity contribution in [3.8, 4) is 0 Å². The minimum absolute atomic E-state index is 0.0667. The van der Waals surface area contributed by atoms with Crippen molar-refractivity contribution in [2.24, 2.45) is 11.1 Å². The first kappa shape index (κ1) is 7.98. The van der Waals surface area contributed by atoms with E-state index in [1.807, 2.05) is 0 Å². The summed E-state index contributed by atoms with van der Waals surface area (Å²) in [7, 11) is 0. The Kier molecular flexibility index (Phi) is 2.28. The van der Waals surface area contributed by atoms with Gasteiger partial charge in [0, 0.05) is 11.5 Å². The maximum Gasteiger partial charge on any atom is 0.0589 e. The summed E-state index contributed by atoms with van der Waals surface area (Å²) in [5.41, 5.74) is 5.77. The van der Waals surface area contributed by atoms with E-state index in [0.717, 1.165) is 6.42 Å². The van der Waals surface area contributed by atoms with Crippen molar-refractivity contribution in [1.29, 1.82) is 0 Å². The molecule has 3 N–H and O–H groups in total. The molecule has 1 aliphatic heterocycles. The van der Waals surface area contributed by atoms with Gasteiger partial charge in [-0.25, -0.2) is 0 Å². The Hall–Kier alpha value is -0.120. The zero-order valence-corrected chi connectivity index (χ0v) is 6.34. The second kappa shape index (κ2) is 2.86.